The summed E-state index contributed by atoms with van der Waals surface area (Å²) in [4.78, 5) is 11.7. The van der Waals surface area contributed by atoms with Gasteiger partial charge in [0.25, 0.3) is 0 Å². The number of amides is 1. The van der Waals surface area contributed by atoms with E-state index in [1.54, 1.807) is 31.4 Å². The summed E-state index contributed by atoms with van der Waals surface area (Å²) < 4.78 is 10.2. The van der Waals surface area contributed by atoms with Gasteiger partial charge in [-0.25, -0.2) is 4.79 Å². The summed E-state index contributed by atoms with van der Waals surface area (Å²) in [5.74, 6) is 1.25. The molecule has 0 bridgehead atoms. The molecule has 0 spiro atoms. The minimum atomic E-state index is -0.396. The maximum atomic E-state index is 11.7. The molecular weight excluding hydrogens is 232 g/mol. The van der Waals surface area contributed by atoms with Crippen LogP contribution < -0.4 is 20.1 Å². The Balaban J connectivity index is 1.82. The molecule has 1 aromatic rings. The third-order valence-electron chi connectivity index (χ3n) is 2.93. The lowest BCUT2D eigenvalue weighted by atomic mass is 10.1. The van der Waals surface area contributed by atoms with E-state index in [9.17, 15) is 4.79 Å². The minimum absolute atomic E-state index is 0.206. The topological polar surface area (TPSA) is 59.6 Å². The van der Waals surface area contributed by atoms with Crippen LogP contribution in [0.3, 0.4) is 0 Å². The van der Waals surface area contributed by atoms with Crippen LogP contribution in [0.5, 0.6) is 11.5 Å². The Morgan fingerprint density at radius 2 is 1.83 bits per heavy atom. The van der Waals surface area contributed by atoms with Crippen molar-refractivity contribution in [1.82, 2.24) is 10.6 Å². The molecule has 0 unspecified atom stereocenters. The van der Waals surface area contributed by atoms with Crippen LogP contribution in [0.2, 0.25) is 0 Å². The Hall–Kier alpha value is -1.75. The maximum absolute atomic E-state index is 11.7. The van der Waals surface area contributed by atoms with Gasteiger partial charge in [-0.15, -0.1) is 0 Å². The smallest absolute Gasteiger partial charge is 0.412 e. The monoisotopic (exact) mass is 250 g/mol. The fourth-order valence-corrected chi connectivity index (χ4v) is 1.91. The number of carbonyl (C=O) groups is 1. The van der Waals surface area contributed by atoms with Gasteiger partial charge in [-0.05, 0) is 50.2 Å². The van der Waals surface area contributed by atoms with E-state index in [0.29, 0.717) is 5.75 Å². The van der Waals surface area contributed by atoms with Crippen LogP contribution in [0.1, 0.15) is 12.8 Å². The van der Waals surface area contributed by atoms with Gasteiger partial charge < -0.3 is 20.1 Å². The van der Waals surface area contributed by atoms with Crippen molar-refractivity contribution in [3.05, 3.63) is 24.3 Å². The van der Waals surface area contributed by atoms with E-state index in [4.69, 9.17) is 9.47 Å². The van der Waals surface area contributed by atoms with Gasteiger partial charge in [0, 0.05) is 6.04 Å². The SMILES string of the molecule is COc1ccc(OC(=O)NC2CCNCC2)cc1. The molecular formula is C13H18N2O3. The molecule has 1 aliphatic heterocycles. The second kappa shape index (κ2) is 6.26. The molecule has 5 heteroatoms. The highest BCUT2D eigenvalue weighted by molar-refractivity contribution is 5.70. The molecule has 0 aliphatic carbocycles. The van der Waals surface area contributed by atoms with Crippen LogP contribution in [0, 0.1) is 0 Å². The predicted molar refractivity (Wildman–Crippen MR) is 68.0 cm³/mol. The zero-order valence-electron chi connectivity index (χ0n) is 10.4. The number of methoxy groups -OCH3 is 1. The molecule has 0 aromatic heterocycles. The van der Waals surface area contributed by atoms with Crippen molar-refractivity contribution in [3.8, 4) is 11.5 Å². The van der Waals surface area contributed by atoms with Crippen molar-refractivity contribution in [2.24, 2.45) is 0 Å². The number of benzene rings is 1. The van der Waals surface area contributed by atoms with E-state index >= 15 is 0 Å². The number of ether oxygens (including phenoxy) is 2. The van der Waals surface area contributed by atoms with E-state index in [0.717, 1.165) is 31.7 Å². The fourth-order valence-electron chi connectivity index (χ4n) is 1.91. The highest BCUT2D eigenvalue weighted by Gasteiger charge is 2.16. The van der Waals surface area contributed by atoms with E-state index in [1.807, 2.05) is 0 Å². The lowest BCUT2D eigenvalue weighted by Gasteiger charge is -2.23. The Morgan fingerprint density at radius 3 is 2.44 bits per heavy atom. The van der Waals surface area contributed by atoms with Gasteiger partial charge in [-0.3, -0.25) is 0 Å². The molecule has 1 fully saturated rings. The van der Waals surface area contributed by atoms with Gasteiger partial charge in [-0.2, -0.15) is 0 Å². The van der Waals surface area contributed by atoms with E-state index in [1.165, 1.54) is 0 Å². The van der Waals surface area contributed by atoms with Crippen molar-refractivity contribution in [2.75, 3.05) is 20.2 Å². The van der Waals surface area contributed by atoms with Crippen LogP contribution >= 0.6 is 0 Å². The summed E-state index contributed by atoms with van der Waals surface area (Å²) in [6.07, 6.45) is 1.49. The normalized spacial score (nSPS) is 16.1. The summed E-state index contributed by atoms with van der Waals surface area (Å²) in [6, 6.07) is 7.14. The van der Waals surface area contributed by atoms with Gasteiger partial charge in [0.15, 0.2) is 0 Å². The third kappa shape index (κ3) is 3.63. The molecule has 2 N–H and O–H groups in total. The fraction of sp³-hybridized carbons (Fsp3) is 0.462. The van der Waals surface area contributed by atoms with E-state index in [2.05, 4.69) is 10.6 Å². The lowest BCUT2D eigenvalue weighted by Crippen LogP contribution is -2.43. The predicted octanol–water partition coefficient (Wildman–Crippen LogP) is 1.54. The van der Waals surface area contributed by atoms with Crippen molar-refractivity contribution in [2.45, 2.75) is 18.9 Å². The average molecular weight is 250 g/mol. The second-order valence-electron chi connectivity index (χ2n) is 4.23. The molecule has 1 heterocycles. The summed E-state index contributed by atoms with van der Waals surface area (Å²) in [6.45, 7) is 1.88. The zero-order valence-corrected chi connectivity index (χ0v) is 10.4. The Kier molecular flexibility index (Phi) is 4.41. The highest BCUT2D eigenvalue weighted by atomic mass is 16.6. The molecule has 0 saturated carbocycles. The maximum Gasteiger partial charge on any atom is 0.412 e. The Bertz CT molecular complexity index is 386. The van der Waals surface area contributed by atoms with Crippen LogP contribution in [0.25, 0.3) is 0 Å². The summed E-state index contributed by atoms with van der Waals surface area (Å²) in [7, 11) is 1.60. The summed E-state index contributed by atoms with van der Waals surface area (Å²) in [5.41, 5.74) is 0. The molecule has 1 saturated heterocycles. The molecule has 1 aromatic carbocycles. The van der Waals surface area contributed by atoms with Crippen LogP contribution in [0.4, 0.5) is 4.79 Å². The number of hydrogen-bond donors (Lipinski definition) is 2. The molecule has 98 valence electrons. The first-order chi connectivity index (χ1) is 8.78. The second-order valence-corrected chi connectivity index (χ2v) is 4.23. The lowest BCUT2D eigenvalue weighted by molar-refractivity contribution is 0.192. The first-order valence-electron chi connectivity index (χ1n) is 6.11. The van der Waals surface area contributed by atoms with E-state index < -0.39 is 6.09 Å². The van der Waals surface area contributed by atoms with Crippen LogP contribution in [-0.4, -0.2) is 32.3 Å². The average Bonchev–Trinajstić information content (AvgIpc) is 2.40. The van der Waals surface area contributed by atoms with Crippen molar-refractivity contribution in [3.63, 3.8) is 0 Å². The van der Waals surface area contributed by atoms with Gasteiger partial charge in [0.2, 0.25) is 0 Å². The largest absolute Gasteiger partial charge is 0.497 e. The summed E-state index contributed by atoms with van der Waals surface area (Å²) in [5, 5.41) is 6.11. The quantitative estimate of drug-likeness (QED) is 0.854. The van der Waals surface area contributed by atoms with Gasteiger partial charge in [0.05, 0.1) is 7.11 Å². The van der Waals surface area contributed by atoms with E-state index in [-0.39, 0.29) is 6.04 Å². The van der Waals surface area contributed by atoms with Crippen molar-refractivity contribution < 1.29 is 14.3 Å². The number of piperidine rings is 1. The first-order valence-corrected chi connectivity index (χ1v) is 6.11. The molecule has 18 heavy (non-hydrogen) atoms. The molecule has 0 radical (unpaired) electrons. The number of rotatable bonds is 3. The van der Waals surface area contributed by atoms with Crippen LogP contribution in [-0.2, 0) is 0 Å². The summed E-state index contributed by atoms with van der Waals surface area (Å²) >= 11 is 0. The van der Waals surface area contributed by atoms with Gasteiger partial charge in [0.1, 0.15) is 11.5 Å². The van der Waals surface area contributed by atoms with Gasteiger partial charge in [-0.1, -0.05) is 0 Å². The van der Waals surface area contributed by atoms with Crippen molar-refractivity contribution in [1.29, 1.82) is 0 Å². The minimum Gasteiger partial charge on any atom is -0.497 e. The highest BCUT2D eigenvalue weighted by Crippen LogP contribution is 2.17. The molecule has 2 rings (SSSR count). The van der Waals surface area contributed by atoms with Gasteiger partial charge >= 0.3 is 6.09 Å². The number of nitrogens with one attached hydrogen (secondary N) is 2. The van der Waals surface area contributed by atoms with Crippen LogP contribution in [0.15, 0.2) is 24.3 Å². The molecule has 1 aliphatic rings. The first kappa shape index (κ1) is 12.7. The van der Waals surface area contributed by atoms with Crippen molar-refractivity contribution >= 4 is 6.09 Å². The zero-order chi connectivity index (χ0) is 12.8. The molecule has 0 atom stereocenters. The molecule has 5 nitrogen and oxygen atoms in total. The standard InChI is InChI=1S/C13H18N2O3/c1-17-11-2-4-12(5-3-11)18-13(16)15-10-6-8-14-9-7-10/h2-5,10,14H,6-9H2,1H3,(H,15,16). The number of hydrogen-bond acceptors (Lipinski definition) is 4. The Morgan fingerprint density at radius 1 is 1.22 bits per heavy atom. The number of carbonyl (C=O) groups excluding carboxylic acids is 1. The third-order valence-corrected chi connectivity index (χ3v) is 2.93. The molecule has 1 amide bonds. The Labute approximate surface area is 106 Å².